The van der Waals surface area contributed by atoms with E-state index in [2.05, 4.69) is 10.6 Å². The summed E-state index contributed by atoms with van der Waals surface area (Å²) in [6.45, 7) is 3.17. The zero-order valence-corrected chi connectivity index (χ0v) is 8.92. The molecule has 4 nitrogen and oxygen atoms in total. The van der Waals surface area contributed by atoms with Gasteiger partial charge in [-0.1, -0.05) is 12.1 Å². The van der Waals surface area contributed by atoms with Crippen LogP contribution in [0.1, 0.15) is 12.5 Å². The van der Waals surface area contributed by atoms with Crippen molar-refractivity contribution in [1.29, 1.82) is 0 Å². The Labute approximate surface area is 89.9 Å². The molecule has 1 aromatic rings. The second kappa shape index (κ2) is 5.90. The maximum Gasteiger partial charge on any atom is 0.314 e. The SMILES string of the molecule is CCNC(=O)NCCc1ccc(N)cc1. The van der Waals surface area contributed by atoms with Crippen molar-refractivity contribution in [1.82, 2.24) is 10.6 Å². The molecule has 0 aliphatic heterocycles. The zero-order valence-electron chi connectivity index (χ0n) is 8.92. The van der Waals surface area contributed by atoms with Gasteiger partial charge in [0.15, 0.2) is 0 Å². The Balaban J connectivity index is 2.26. The summed E-state index contributed by atoms with van der Waals surface area (Å²) in [4.78, 5) is 11.0. The molecular weight excluding hydrogens is 190 g/mol. The van der Waals surface area contributed by atoms with Gasteiger partial charge >= 0.3 is 6.03 Å². The monoisotopic (exact) mass is 207 g/mol. The van der Waals surface area contributed by atoms with E-state index < -0.39 is 0 Å². The van der Waals surface area contributed by atoms with E-state index in [4.69, 9.17) is 5.73 Å². The van der Waals surface area contributed by atoms with E-state index in [1.54, 1.807) is 0 Å². The van der Waals surface area contributed by atoms with Crippen molar-refractivity contribution in [2.45, 2.75) is 13.3 Å². The number of benzene rings is 1. The van der Waals surface area contributed by atoms with Gasteiger partial charge in [-0.25, -0.2) is 4.79 Å². The summed E-state index contributed by atoms with van der Waals surface area (Å²) in [6.07, 6.45) is 0.817. The molecule has 0 fully saturated rings. The van der Waals surface area contributed by atoms with E-state index in [-0.39, 0.29) is 6.03 Å². The summed E-state index contributed by atoms with van der Waals surface area (Å²) < 4.78 is 0. The maximum absolute atomic E-state index is 11.0. The second-order valence-electron chi connectivity index (χ2n) is 3.28. The first-order chi connectivity index (χ1) is 7.22. The number of anilines is 1. The third-order valence-electron chi connectivity index (χ3n) is 2.02. The summed E-state index contributed by atoms with van der Waals surface area (Å²) in [5, 5.41) is 5.44. The van der Waals surface area contributed by atoms with Crippen LogP contribution < -0.4 is 16.4 Å². The molecule has 0 saturated heterocycles. The molecular formula is C11H17N3O. The lowest BCUT2D eigenvalue weighted by Crippen LogP contribution is -2.36. The number of rotatable bonds is 4. The molecule has 4 heteroatoms. The summed E-state index contributed by atoms with van der Waals surface area (Å²) in [6, 6.07) is 7.54. The van der Waals surface area contributed by atoms with E-state index in [1.807, 2.05) is 31.2 Å². The highest BCUT2D eigenvalue weighted by atomic mass is 16.2. The van der Waals surface area contributed by atoms with Gasteiger partial charge < -0.3 is 16.4 Å². The van der Waals surface area contributed by atoms with Crippen LogP contribution in [0.15, 0.2) is 24.3 Å². The van der Waals surface area contributed by atoms with Gasteiger partial charge in [0.1, 0.15) is 0 Å². The van der Waals surface area contributed by atoms with Crippen LogP contribution in [0.3, 0.4) is 0 Å². The highest BCUT2D eigenvalue weighted by Crippen LogP contribution is 2.05. The summed E-state index contributed by atoms with van der Waals surface area (Å²) in [7, 11) is 0. The predicted octanol–water partition coefficient (Wildman–Crippen LogP) is 1.13. The van der Waals surface area contributed by atoms with E-state index in [1.165, 1.54) is 5.56 Å². The predicted molar refractivity (Wildman–Crippen MR) is 61.6 cm³/mol. The minimum atomic E-state index is -0.118. The van der Waals surface area contributed by atoms with Crippen molar-refractivity contribution < 1.29 is 4.79 Å². The van der Waals surface area contributed by atoms with E-state index in [0.29, 0.717) is 13.1 Å². The van der Waals surface area contributed by atoms with Crippen molar-refractivity contribution in [2.24, 2.45) is 0 Å². The van der Waals surface area contributed by atoms with Crippen molar-refractivity contribution in [2.75, 3.05) is 18.8 Å². The zero-order chi connectivity index (χ0) is 11.1. The molecule has 1 aromatic carbocycles. The maximum atomic E-state index is 11.0. The first-order valence-corrected chi connectivity index (χ1v) is 5.08. The molecule has 0 aromatic heterocycles. The fourth-order valence-corrected chi connectivity index (χ4v) is 1.23. The van der Waals surface area contributed by atoms with Gasteiger partial charge in [-0.15, -0.1) is 0 Å². The molecule has 0 aliphatic rings. The average molecular weight is 207 g/mol. The molecule has 0 atom stereocenters. The third kappa shape index (κ3) is 4.35. The van der Waals surface area contributed by atoms with Crippen LogP contribution in [0, 0.1) is 0 Å². The number of carbonyl (C=O) groups is 1. The highest BCUT2D eigenvalue weighted by molar-refractivity contribution is 5.73. The fraction of sp³-hybridized carbons (Fsp3) is 0.364. The molecule has 0 aliphatic carbocycles. The standard InChI is InChI=1S/C11H17N3O/c1-2-13-11(15)14-8-7-9-3-5-10(12)6-4-9/h3-6H,2,7-8,12H2,1H3,(H2,13,14,15). The lowest BCUT2D eigenvalue weighted by Gasteiger charge is -2.05. The number of amides is 2. The number of hydrogen-bond donors (Lipinski definition) is 3. The topological polar surface area (TPSA) is 67.2 Å². The molecule has 0 radical (unpaired) electrons. The number of nitrogens with two attached hydrogens (primary N) is 1. The van der Waals surface area contributed by atoms with Gasteiger partial charge in [-0.05, 0) is 31.0 Å². The van der Waals surface area contributed by atoms with Crippen molar-refractivity contribution >= 4 is 11.7 Å². The summed E-state index contributed by atoms with van der Waals surface area (Å²) >= 11 is 0. The molecule has 0 bridgehead atoms. The van der Waals surface area contributed by atoms with Crippen LogP contribution in [0.5, 0.6) is 0 Å². The first-order valence-electron chi connectivity index (χ1n) is 5.08. The molecule has 0 spiro atoms. The Hall–Kier alpha value is -1.71. The van der Waals surface area contributed by atoms with Crippen LogP contribution in [0.4, 0.5) is 10.5 Å². The van der Waals surface area contributed by atoms with Gasteiger partial charge in [0.05, 0.1) is 0 Å². The number of nitrogen functional groups attached to an aromatic ring is 1. The minimum Gasteiger partial charge on any atom is -0.399 e. The van der Waals surface area contributed by atoms with Gasteiger partial charge in [-0.3, -0.25) is 0 Å². The molecule has 0 unspecified atom stereocenters. The molecule has 15 heavy (non-hydrogen) atoms. The van der Waals surface area contributed by atoms with Crippen LogP contribution >= 0.6 is 0 Å². The Kier molecular flexibility index (Phi) is 4.47. The highest BCUT2D eigenvalue weighted by Gasteiger charge is 1.97. The fourth-order valence-electron chi connectivity index (χ4n) is 1.23. The van der Waals surface area contributed by atoms with Gasteiger partial charge in [-0.2, -0.15) is 0 Å². The van der Waals surface area contributed by atoms with Gasteiger partial charge in [0, 0.05) is 18.8 Å². The summed E-state index contributed by atoms with van der Waals surface area (Å²) in [5.41, 5.74) is 7.49. The molecule has 0 saturated carbocycles. The lowest BCUT2D eigenvalue weighted by molar-refractivity contribution is 0.241. The van der Waals surface area contributed by atoms with Gasteiger partial charge in [0.25, 0.3) is 0 Å². The van der Waals surface area contributed by atoms with Crippen LogP contribution in [0.25, 0.3) is 0 Å². The Morgan fingerprint density at radius 1 is 1.27 bits per heavy atom. The first kappa shape index (κ1) is 11.4. The largest absolute Gasteiger partial charge is 0.399 e. The lowest BCUT2D eigenvalue weighted by atomic mass is 10.1. The van der Waals surface area contributed by atoms with Crippen molar-refractivity contribution in [3.8, 4) is 0 Å². The Morgan fingerprint density at radius 3 is 2.53 bits per heavy atom. The number of urea groups is 1. The molecule has 82 valence electrons. The smallest absolute Gasteiger partial charge is 0.314 e. The van der Waals surface area contributed by atoms with E-state index >= 15 is 0 Å². The second-order valence-corrected chi connectivity index (χ2v) is 3.28. The van der Waals surface area contributed by atoms with Crippen LogP contribution in [0.2, 0.25) is 0 Å². The number of carbonyl (C=O) groups excluding carboxylic acids is 1. The molecule has 2 amide bonds. The Morgan fingerprint density at radius 2 is 1.93 bits per heavy atom. The van der Waals surface area contributed by atoms with E-state index in [0.717, 1.165) is 12.1 Å². The van der Waals surface area contributed by atoms with Crippen LogP contribution in [-0.4, -0.2) is 19.1 Å². The average Bonchev–Trinajstić information content (AvgIpc) is 2.21. The number of hydrogen-bond acceptors (Lipinski definition) is 2. The molecule has 1 rings (SSSR count). The van der Waals surface area contributed by atoms with Crippen molar-refractivity contribution in [3.05, 3.63) is 29.8 Å². The van der Waals surface area contributed by atoms with E-state index in [9.17, 15) is 4.79 Å². The minimum absolute atomic E-state index is 0.118. The normalized spacial score (nSPS) is 9.67. The Bertz CT molecular complexity index is 308. The number of nitrogens with one attached hydrogen (secondary N) is 2. The molecule has 0 heterocycles. The summed E-state index contributed by atoms with van der Waals surface area (Å²) in [5.74, 6) is 0. The third-order valence-corrected chi connectivity index (χ3v) is 2.02. The van der Waals surface area contributed by atoms with Crippen molar-refractivity contribution in [3.63, 3.8) is 0 Å². The molecule has 4 N–H and O–H groups in total. The van der Waals surface area contributed by atoms with Crippen LogP contribution in [-0.2, 0) is 6.42 Å². The quantitative estimate of drug-likeness (QED) is 0.648. The van der Waals surface area contributed by atoms with Gasteiger partial charge in [0.2, 0.25) is 0 Å².